The van der Waals surface area contributed by atoms with Gasteiger partial charge >= 0.3 is 5.76 Å². The molecule has 11 heteroatoms. The van der Waals surface area contributed by atoms with Gasteiger partial charge in [0.2, 0.25) is 15.9 Å². The van der Waals surface area contributed by atoms with Gasteiger partial charge in [0.05, 0.1) is 9.77 Å². The van der Waals surface area contributed by atoms with Crippen molar-refractivity contribution in [1.29, 1.82) is 0 Å². The predicted octanol–water partition coefficient (Wildman–Crippen LogP) is 2.69. The van der Waals surface area contributed by atoms with Crippen LogP contribution in [-0.4, -0.2) is 41.4 Å². The minimum atomic E-state index is -3.63. The summed E-state index contributed by atoms with van der Waals surface area (Å²) in [5.74, 6) is -0.955. The van der Waals surface area contributed by atoms with Crippen molar-refractivity contribution in [2.45, 2.75) is 37.6 Å². The Labute approximate surface area is 183 Å². The minimum absolute atomic E-state index is 0.136. The van der Waals surface area contributed by atoms with E-state index in [1.54, 1.807) is 31.2 Å². The fourth-order valence-corrected chi connectivity index (χ4v) is 5.73. The van der Waals surface area contributed by atoms with E-state index in [4.69, 9.17) is 4.52 Å². The van der Waals surface area contributed by atoms with Crippen molar-refractivity contribution >= 4 is 33.0 Å². The van der Waals surface area contributed by atoms with E-state index in [0.717, 1.165) is 23.8 Å². The Kier molecular flexibility index (Phi) is 6.08. The molecule has 3 aromatic rings. The first kappa shape index (κ1) is 21.5. The van der Waals surface area contributed by atoms with Gasteiger partial charge in [0, 0.05) is 18.8 Å². The second-order valence-electron chi connectivity index (χ2n) is 7.33. The Hall–Kier alpha value is -2.76. The lowest BCUT2D eigenvalue weighted by molar-refractivity contribution is -0.116. The molecule has 1 aliphatic rings. The molecule has 1 aromatic carbocycles. The fourth-order valence-electron chi connectivity index (χ4n) is 3.47. The molecule has 31 heavy (non-hydrogen) atoms. The van der Waals surface area contributed by atoms with Crippen molar-refractivity contribution in [2.75, 3.05) is 18.4 Å². The Morgan fingerprint density at radius 2 is 2.00 bits per heavy atom. The van der Waals surface area contributed by atoms with Crippen molar-refractivity contribution in [2.24, 2.45) is 0 Å². The van der Waals surface area contributed by atoms with Gasteiger partial charge in [-0.1, -0.05) is 23.7 Å². The number of carbonyl (C=O) groups is 1. The number of aryl methyl sites for hydroxylation is 1. The van der Waals surface area contributed by atoms with E-state index in [1.807, 2.05) is 5.38 Å². The van der Waals surface area contributed by atoms with Crippen LogP contribution in [0.2, 0.25) is 0 Å². The lowest BCUT2D eigenvalue weighted by atomic mass is 10.2. The lowest BCUT2D eigenvalue weighted by Crippen LogP contribution is -2.35. The summed E-state index contributed by atoms with van der Waals surface area (Å²) < 4.78 is 33.3. The zero-order valence-electron chi connectivity index (χ0n) is 16.9. The number of carbonyl (C=O) groups excluding carboxylic acids is 1. The molecule has 0 radical (unpaired) electrons. The molecular formula is C20H22N4O5S2. The van der Waals surface area contributed by atoms with Crippen LogP contribution in [0.5, 0.6) is 0 Å². The lowest BCUT2D eigenvalue weighted by Gasteiger charge is -2.26. The highest BCUT2D eigenvalue weighted by atomic mass is 32.2. The average molecular weight is 463 g/mol. The molecule has 3 heterocycles. The van der Waals surface area contributed by atoms with Crippen LogP contribution in [0.3, 0.4) is 0 Å². The summed E-state index contributed by atoms with van der Waals surface area (Å²) in [5.41, 5.74) is 1.09. The number of hydrogen-bond donors (Lipinski definition) is 1. The Balaban J connectivity index is 1.55. The number of nitrogens with zero attached hydrogens (tertiary/aromatic N) is 3. The van der Waals surface area contributed by atoms with Gasteiger partial charge in [-0.15, -0.1) is 11.3 Å². The van der Waals surface area contributed by atoms with Crippen LogP contribution in [-0.2, 0) is 21.4 Å². The van der Waals surface area contributed by atoms with Gasteiger partial charge in [0.15, 0.2) is 5.82 Å². The number of amides is 1. The number of nitrogens with one attached hydrogen (secondary N) is 1. The highest BCUT2D eigenvalue weighted by Crippen LogP contribution is 2.26. The summed E-state index contributed by atoms with van der Waals surface area (Å²) in [4.78, 5) is 25.5. The minimum Gasteiger partial charge on any atom is -0.324 e. The van der Waals surface area contributed by atoms with E-state index < -0.39 is 21.7 Å². The predicted molar refractivity (Wildman–Crippen MR) is 116 cm³/mol. The standard InChI is InChI=1S/C20H22N4O5S2/c1-14-7-8-15(31(27,28)23-9-3-2-4-10-23)12-16(14)21-18(25)13-24-19(22-29-20(24)26)17-6-5-11-30-17/h5-8,11-12H,2-4,9-10,13H2,1H3,(H,21,25). The molecule has 0 spiro atoms. The van der Waals surface area contributed by atoms with Crippen LogP contribution in [0.25, 0.3) is 10.7 Å². The first-order valence-corrected chi connectivity index (χ1v) is 12.2. The van der Waals surface area contributed by atoms with Crippen LogP contribution < -0.4 is 11.1 Å². The maximum Gasteiger partial charge on any atom is 0.442 e. The number of hydrogen-bond acceptors (Lipinski definition) is 7. The molecule has 0 bridgehead atoms. The number of aromatic nitrogens is 2. The van der Waals surface area contributed by atoms with Crippen LogP contribution >= 0.6 is 11.3 Å². The van der Waals surface area contributed by atoms with Crippen LogP contribution in [0, 0.1) is 6.92 Å². The number of sulfonamides is 1. The largest absolute Gasteiger partial charge is 0.442 e. The second-order valence-corrected chi connectivity index (χ2v) is 10.2. The number of benzene rings is 1. The summed E-state index contributed by atoms with van der Waals surface area (Å²) >= 11 is 1.37. The third kappa shape index (κ3) is 4.48. The zero-order valence-corrected chi connectivity index (χ0v) is 18.5. The molecule has 0 atom stereocenters. The van der Waals surface area contributed by atoms with Crippen molar-refractivity contribution in [3.05, 3.63) is 51.8 Å². The van der Waals surface area contributed by atoms with Crippen LogP contribution in [0.4, 0.5) is 5.69 Å². The number of rotatable bonds is 6. The molecule has 4 rings (SSSR count). The fraction of sp³-hybridized carbons (Fsp3) is 0.350. The molecule has 1 N–H and O–H groups in total. The van der Waals surface area contributed by atoms with Gasteiger partial charge in [-0.05, 0) is 48.9 Å². The van der Waals surface area contributed by atoms with Crippen molar-refractivity contribution < 1.29 is 17.7 Å². The van der Waals surface area contributed by atoms with Gasteiger partial charge < -0.3 is 5.32 Å². The molecule has 1 amide bonds. The van der Waals surface area contributed by atoms with E-state index >= 15 is 0 Å². The summed E-state index contributed by atoms with van der Waals surface area (Å²) in [6.07, 6.45) is 2.71. The topological polar surface area (TPSA) is 115 Å². The van der Waals surface area contributed by atoms with E-state index in [-0.39, 0.29) is 17.3 Å². The van der Waals surface area contributed by atoms with Crippen molar-refractivity contribution in [3.63, 3.8) is 0 Å². The van der Waals surface area contributed by atoms with E-state index in [9.17, 15) is 18.0 Å². The van der Waals surface area contributed by atoms with E-state index in [0.29, 0.717) is 29.2 Å². The van der Waals surface area contributed by atoms with E-state index in [2.05, 4.69) is 10.5 Å². The summed E-state index contributed by atoms with van der Waals surface area (Å²) in [5, 5.41) is 8.30. The molecular weight excluding hydrogens is 440 g/mol. The Bertz CT molecular complexity index is 1240. The molecule has 0 saturated carbocycles. The maximum atomic E-state index is 13.0. The van der Waals surface area contributed by atoms with Gasteiger partial charge in [-0.3, -0.25) is 9.32 Å². The molecule has 0 aliphatic carbocycles. The third-order valence-corrected chi connectivity index (χ3v) is 7.93. The summed E-state index contributed by atoms with van der Waals surface area (Å²) in [7, 11) is -3.63. The molecule has 1 aliphatic heterocycles. The molecule has 2 aromatic heterocycles. The van der Waals surface area contributed by atoms with Crippen molar-refractivity contribution in [3.8, 4) is 10.7 Å². The third-order valence-electron chi connectivity index (χ3n) is 5.17. The molecule has 0 unspecified atom stereocenters. The smallest absolute Gasteiger partial charge is 0.324 e. The second kappa shape index (κ2) is 8.77. The molecule has 9 nitrogen and oxygen atoms in total. The number of thiophene rings is 1. The first-order valence-electron chi connectivity index (χ1n) is 9.87. The monoisotopic (exact) mass is 462 g/mol. The van der Waals surface area contributed by atoms with Gasteiger partial charge in [-0.2, -0.15) is 4.31 Å². The molecule has 1 fully saturated rings. The van der Waals surface area contributed by atoms with E-state index in [1.165, 1.54) is 21.7 Å². The Morgan fingerprint density at radius 3 is 2.71 bits per heavy atom. The SMILES string of the molecule is Cc1ccc(S(=O)(=O)N2CCCCC2)cc1NC(=O)Cn1c(-c2cccs2)noc1=O. The van der Waals surface area contributed by atoms with Crippen molar-refractivity contribution in [1.82, 2.24) is 14.0 Å². The van der Waals surface area contributed by atoms with Gasteiger partial charge in [-0.25, -0.2) is 17.8 Å². The van der Waals surface area contributed by atoms with Crippen LogP contribution in [0.15, 0.2) is 49.9 Å². The zero-order chi connectivity index (χ0) is 22.0. The Morgan fingerprint density at radius 1 is 1.23 bits per heavy atom. The number of anilines is 1. The quantitative estimate of drug-likeness (QED) is 0.602. The van der Waals surface area contributed by atoms with Crippen LogP contribution in [0.1, 0.15) is 24.8 Å². The van der Waals surface area contributed by atoms with Gasteiger partial charge in [0.25, 0.3) is 0 Å². The highest BCUT2D eigenvalue weighted by molar-refractivity contribution is 7.89. The number of piperidine rings is 1. The summed E-state index contributed by atoms with van der Waals surface area (Å²) in [6, 6.07) is 8.26. The molecule has 164 valence electrons. The molecule has 1 saturated heterocycles. The van der Waals surface area contributed by atoms with Gasteiger partial charge in [0.1, 0.15) is 6.54 Å². The normalized spacial score (nSPS) is 15.1. The average Bonchev–Trinajstić information content (AvgIpc) is 3.41. The first-order chi connectivity index (χ1) is 14.9. The maximum absolute atomic E-state index is 13.0. The highest BCUT2D eigenvalue weighted by Gasteiger charge is 2.26. The summed E-state index contributed by atoms with van der Waals surface area (Å²) in [6.45, 7) is 2.47.